The maximum Gasteiger partial charge on any atom is 0.254 e. The summed E-state index contributed by atoms with van der Waals surface area (Å²) >= 11 is 0. The molecule has 26 heavy (non-hydrogen) atoms. The van der Waals surface area contributed by atoms with Crippen molar-refractivity contribution in [1.82, 2.24) is 15.1 Å². The van der Waals surface area contributed by atoms with Crippen LogP contribution in [0.5, 0.6) is 0 Å². The van der Waals surface area contributed by atoms with Crippen molar-refractivity contribution in [3.05, 3.63) is 35.4 Å². The highest BCUT2D eigenvalue weighted by Gasteiger charge is 2.47. The maximum atomic E-state index is 12.8. The van der Waals surface area contributed by atoms with Gasteiger partial charge in [-0.15, -0.1) is 0 Å². The van der Waals surface area contributed by atoms with Gasteiger partial charge in [0.15, 0.2) is 0 Å². The van der Waals surface area contributed by atoms with Gasteiger partial charge in [0.25, 0.3) is 5.91 Å². The van der Waals surface area contributed by atoms with Crippen LogP contribution < -0.4 is 5.32 Å². The lowest BCUT2D eigenvalue weighted by Gasteiger charge is -2.36. The van der Waals surface area contributed by atoms with Crippen LogP contribution in [0.25, 0.3) is 0 Å². The Morgan fingerprint density at radius 2 is 2.04 bits per heavy atom. The number of hydrogen-bond acceptors (Lipinski definition) is 4. The number of benzene rings is 1. The first kappa shape index (κ1) is 17.1. The monoisotopic (exact) mass is 354 g/mol. The fourth-order valence-electron chi connectivity index (χ4n) is 4.37. The van der Waals surface area contributed by atoms with Gasteiger partial charge in [-0.25, -0.2) is 4.99 Å². The van der Waals surface area contributed by atoms with E-state index in [1.807, 2.05) is 23.9 Å². The van der Waals surface area contributed by atoms with Gasteiger partial charge in [0.1, 0.15) is 5.54 Å². The Kier molecular flexibility index (Phi) is 4.21. The fourth-order valence-corrected chi connectivity index (χ4v) is 4.37. The van der Waals surface area contributed by atoms with Crippen molar-refractivity contribution in [2.75, 3.05) is 27.2 Å². The quantitative estimate of drug-likeness (QED) is 0.876. The molecule has 0 bridgehead atoms. The van der Waals surface area contributed by atoms with Crippen molar-refractivity contribution in [1.29, 1.82) is 0 Å². The van der Waals surface area contributed by atoms with E-state index < -0.39 is 5.54 Å². The number of nitrogens with zero attached hydrogens (tertiary/aromatic N) is 3. The van der Waals surface area contributed by atoms with Crippen LogP contribution in [0.15, 0.2) is 29.3 Å². The Bertz CT molecular complexity index is 763. The van der Waals surface area contributed by atoms with Gasteiger partial charge in [0.2, 0.25) is 11.9 Å². The van der Waals surface area contributed by atoms with Crippen molar-refractivity contribution < 1.29 is 9.59 Å². The zero-order chi connectivity index (χ0) is 18.3. The molecule has 138 valence electrons. The van der Waals surface area contributed by atoms with Gasteiger partial charge < -0.3 is 9.80 Å². The first-order chi connectivity index (χ1) is 12.5. The van der Waals surface area contributed by atoms with E-state index in [1.54, 1.807) is 0 Å². The van der Waals surface area contributed by atoms with Crippen LogP contribution in [0.3, 0.4) is 0 Å². The number of likely N-dealkylation sites (tertiary alicyclic amines) is 1. The molecular weight excluding hydrogens is 328 g/mol. The van der Waals surface area contributed by atoms with Crippen molar-refractivity contribution in [2.24, 2.45) is 4.99 Å². The SMILES string of the molecule is CN(C)C1=NC2(CCN(C(=O)C[C@H]3CCc4ccccc43)CC2)C(=O)N1. The Morgan fingerprint density at radius 1 is 1.31 bits per heavy atom. The number of aliphatic imine (C=N–C) groups is 1. The van der Waals surface area contributed by atoms with Gasteiger partial charge in [-0.3, -0.25) is 14.9 Å². The minimum atomic E-state index is -0.684. The normalized spacial score (nSPS) is 23.6. The highest BCUT2D eigenvalue weighted by atomic mass is 16.2. The van der Waals surface area contributed by atoms with Crippen molar-refractivity contribution in [3.63, 3.8) is 0 Å². The van der Waals surface area contributed by atoms with Gasteiger partial charge in [-0.05, 0) is 42.7 Å². The third kappa shape index (κ3) is 2.87. The van der Waals surface area contributed by atoms with E-state index in [4.69, 9.17) is 0 Å². The Labute approximate surface area is 154 Å². The van der Waals surface area contributed by atoms with E-state index in [0.717, 1.165) is 12.8 Å². The van der Waals surface area contributed by atoms with Crippen molar-refractivity contribution in [3.8, 4) is 0 Å². The molecule has 1 spiro atoms. The summed E-state index contributed by atoms with van der Waals surface area (Å²) in [5, 5.41) is 2.86. The van der Waals surface area contributed by atoms with Crippen LogP contribution in [0.2, 0.25) is 0 Å². The highest BCUT2D eigenvalue weighted by Crippen LogP contribution is 2.36. The molecule has 6 nitrogen and oxygen atoms in total. The molecule has 0 unspecified atom stereocenters. The number of rotatable bonds is 2. The summed E-state index contributed by atoms with van der Waals surface area (Å²) in [6, 6.07) is 8.46. The fraction of sp³-hybridized carbons (Fsp3) is 0.550. The smallest absolute Gasteiger partial charge is 0.254 e. The lowest BCUT2D eigenvalue weighted by molar-refractivity contribution is -0.135. The molecule has 2 heterocycles. The molecule has 1 atom stereocenters. The molecule has 1 N–H and O–H groups in total. The van der Waals surface area contributed by atoms with Gasteiger partial charge in [0, 0.05) is 33.6 Å². The molecule has 1 aromatic carbocycles. The largest absolute Gasteiger partial charge is 0.349 e. The predicted octanol–water partition coefficient (Wildman–Crippen LogP) is 1.52. The number of fused-ring (bicyclic) bond motifs is 1. The molecule has 1 aliphatic carbocycles. The second-order valence-corrected chi connectivity index (χ2v) is 7.83. The molecule has 0 radical (unpaired) electrons. The lowest BCUT2D eigenvalue weighted by atomic mass is 9.87. The summed E-state index contributed by atoms with van der Waals surface area (Å²) in [5.41, 5.74) is 2.04. The Hall–Kier alpha value is -2.37. The first-order valence-electron chi connectivity index (χ1n) is 9.43. The topological polar surface area (TPSA) is 65.0 Å². The Morgan fingerprint density at radius 3 is 2.73 bits per heavy atom. The minimum absolute atomic E-state index is 0.0296. The summed E-state index contributed by atoms with van der Waals surface area (Å²) in [7, 11) is 3.74. The summed E-state index contributed by atoms with van der Waals surface area (Å²) < 4.78 is 0. The number of amides is 2. The van der Waals surface area contributed by atoms with Crippen molar-refractivity contribution in [2.45, 2.75) is 43.6 Å². The third-order valence-electron chi connectivity index (χ3n) is 6.01. The molecule has 3 aliphatic rings. The predicted molar refractivity (Wildman–Crippen MR) is 99.9 cm³/mol. The summed E-state index contributed by atoms with van der Waals surface area (Å²) in [6.07, 6.45) is 3.90. The van der Waals surface area contributed by atoms with Gasteiger partial charge in [-0.2, -0.15) is 0 Å². The molecule has 0 saturated carbocycles. The summed E-state index contributed by atoms with van der Waals surface area (Å²) in [4.78, 5) is 33.6. The number of hydrogen-bond donors (Lipinski definition) is 1. The molecule has 6 heteroatoms. The van der Waals surface area contributed by atoms with Crippen molar-refractivity contribution >= 4 is 17.8 Å². The zero-order valence-electron chi connectivity index (χ0n) is 15.5. The van der Waals surface area contributed by atoms with E-state index in [9.17, 15) is 9.59 Å². The molecule has 0 aromatic heterocycles. The number of guanidine groups is 1. The molecule has 1 aromatic rings. The minimum Gasteiger partial charge on any atom is -0.349 e. The standard InChI is InChI=1S/C20H26N4O2/c1-23(2)19-21-18(26)20(22-19)9-11-24(12-10-20)17(25)13-15-8-7-14-5-3-4-6-16(14)15/h3-6,15H,7-13H2,1-2H3,(H,21,22,26)/t15-/m1/s1. The van der Waals surface area contributed by atoms with Gasteiger partial charge in [0.05, 0.1) is 0 Å². The summed E-state index contributed by atoms with van der Waals surface area (Å²) in [5.74, 6) is 1.13. The first-order valence-corrected chi connectivity index (χ1v) is 9.43. The Balaban J connectivity index is 1.38. The maximum absolute atomic E-state index is 12.8. The second-order valence-electron chi connectivity index (χ2n) is 7.83. The van der Waals surface area contributed by atoms with E-state index in [1.165, 1.54) is 11.1 Å². The lowest BCUT2D eigenvalue weighted by Crippen LogP contribution is -2.50. The van der Waals surface area contributed by atoms with E-state index in [0.29, 0.717) is 44.2 Å². The van der Waals surface area contributed by atoms with Crippen LogP contribution in [-0.4, -0.2) is 60.3 Å². The average Bonchev–Trinajstić information content (AvgIpc) is 3.18. The van der Waals surface area contributed by atoms with Gasteiger partial charge in [-0.1, -0.05) is 24.3 Å². The second kappa shape index (κ2) is 6.41. The number of aryl methyl sites for hydroxylation is 1. The van der Waals surface area contributed by atoms with Crippen LogP contribution in [0, 0.1) is 0 Å². The molecule has 4 rings (SSSR count). The molecule has 1 fully saturated rings. The highest BCUT2D eigenvalue weighted by molar-refractivity contribution is 6.07. The van der Waals surface area contributed by atoms with E-state index >= 15 is 0 Å². The molecule has 1 saturated heterocycles. The van der Waals surface area contributed by atoms with Crippen LogP contribution in [-0.2, 0) is 16.0 Å². The van der Waals surface area contributed by atoms with Crippen LogP contribution in [0.4, 0.5) is 0 Å². The van der Waals surface area contributed by atoms with Crippen LogP contribution in [0.1, 0.15) is 42.7 Å². The van der Waals surface area contributed by atoms with E-state index in [2.05, 4.69) is 34.6 Å². The van der Waals surface area contributed by atoms with Crippen LogP contribution >= 0.6 is 0 Å². The summed E-state index contributed by atoms with van der Waals surface area (Å²) in [6.45, 7) is 1.20. The number of piperidine rings is 1. The average molecular weight is 354 g/mol. The zero-order valence-corrected chi connectivity index (χ0v) is 15.5. The number of nitrogens with one attached hydrogen (secondary N) is 1. The van der Waals surface area contributed by atoms with E-state index in [-0.39, 0.29) is 11.8 Å². The number of carbonyl (C=O) groups is 2. The molecule has 2 aliphatic heterocycles. The molecule has 2 amide bonds. The third-order valence-corrected chi connectivity index (χ3v) is 6.01. The molecular formula is C20H26N4O2. The number of carbonyl (C=O) groups excluding carboxylic acids is 2. The van der Waals surface area contributed by atoms with Gasteiger partial charge >= 0.3 is 0 Å².